The molecule has 0 spiro atoms. The number of rotatable bonds is 6. The molecule has 0 aliphatic carbocycles. The van der Waals surface area contributed by atoms with Gasteiger partial charge in [-0.2, -0.15) is 15.2 Å². The van der Waals surface area contributed by atoms with Crippen LogP contribution in [0.1, 0.15) is 11.4 Å². The number of nitrogens with zero attached hydrogens (tertiary/aromatic N) is 5. The Kier molecular flexibility index (Phi) is 6.06. The predicted octanol–water partition coefficient (Wildman–Crippen LogP) is 1.41. The van der Waals surface area contributed by atoms with E-state index in [1.807, 2.05) is 6.07 Å². The Balaban J connectivity index is 1.86. The number of nitrogens with one attached hydrogen (secondary N) is 1. The van der Waals surface area contributed by atoms with E-state index in [9.17, 15) is 22.9 Å². The summed E-state index contributed by atoms with van der Waals surface area (Å²) >= 11 is 0. The number of nitrogens with two attached hydrogens (primary N) is 2. The van der Waals surface area contributed by atoms with Gasteiger partial charge >= 0.3 is 0 Å². The number of nitrogen functional groups attached to an aromatic ring is 2. The molecule has 178 valence electrons. The van der Waals surface area contributed by atoms with Gasteiger partial charge in [0.1, 0.15) is 29.1 Å². The van der Waals surface area contributed by atoms with Crippen molar-refractivity contribution < 1.29 is 12.8 Å². The minimum absolute atomic E-state index is 0.00467. The van der Waals surface area contributed by atoms with E-state index in [1.54, 1.807) is 6.07 Å². The maximum Gasteiger partial charge on any atom is 0.267 e. The Hall–Kier alpha value is -4.57. The number of halogens is 1. The van der Waals surface area contributed by atoms with E-state index < -0.39 is 21.2 Å². The van der Waals surface area contributed by atoms with Crippen molar-refractivity contribution in [1.29, 1.82) is 5.26 Å². The van der Waals surface area contributed by atoms with Crippen LogP contribution in [0.2, 0.25) is 0 Å². The largest absolute Gasteiger partial charge is 0.382 e. The van der Waals surface area contributed by atoms with Gasteiger partial charge < -0.3 is 16.8 Å². The number of fused-ring (bicyclic) bond motifs is 1. The average Bonchev–Trinajstić information content (AvgIpc) is 2.79. The van der Waals surface area contributed by atoms with Crippen molar-refractivity contribution in [2.24, 2.45) is 0 Å². The lowest BCUT2D eigenvalue weighted by atomic mass is 10.2. The van der Waals surface area contributed by atoms with E-state index >= 15 is 0 Å². The molecule has 2 aromatic carbocycles. The highest BCUT2D eigenvalue weighted by Gasteiger charge is 2.21. The maximum absolute atomic E-state index is 14.7. The van der Waals surface area contributed by atoms with E-state index in [1.165, 1.54) is 36.4 Å². The van der Waals surface area contributed by atoms with E-state index in [-0.39, 0.29) is 63.4 Å². The van der Waals surface area contributed by atoms with Crippen LogP contribution in [0, 0.1) is 17.1 Å². The van der Waals surface area contributed by atoms with Gasteiger partial charge in [0.2, 0.25) is 5.95 Å². The average molecular weight is 495 g/mol. The van der Waals surface area contributed by atoms with E-state index in [0.717, 1.165) is 10.8 Å². The van der Waals surface area contributed by atoms with Crippen molar-refractivity contribution in [3.8, 4) is 11.8 Å². The summed E-state index contributed by atoms with van der Waals surface area (Å²) in [5.74, 6) is -0.672. The smallest absolute Gasteiger partial charge is 0.267 e. The van der Waals surface area contributed by atoms with Crippen LogP contribution in [0.25, 0.3) is 16.6 Å². The molecule has 5 N–H and O–H groups in total. The Labute approximate surface area is 198 Å². The molecule has 0 saturated heterocycles. The highest BCUT2D eigenvalue weighted by molar-refractivity contribution is 7.91. The van der Waals surface area contributed by atoms with Crippen LogP contribution in [0.3, 0.4) is 0 Å². The summed E-state index contributed by atoms with van der Waals surface area (Å²) in [7, 11) is -3.77. The van der Waals surface area contributed by atoms with Gasteiger partial charge in [0.05, 0.1) is 21.5 Å². The second-order valence-corrected chi connectivity index (χ2v) is 9.51. The summed E-state index contributed by atoms with van der Waals surface area (Å²) < 4.78 is 40.4. The standard InChI is InChI=1S/C22H19FN8O3S/c1-35(33,34)16-8-4-6-14-18(16)21(32)31(15-7-3-2-5-13(15)23)17(28-14)9-10-27-20-12(11-24)19(25)29-22(26)30-20/h2-8H,9-10H2,1H3,(H5,25,26,27,29,30). The fourth-order valence-electron chi connectivity index (χ4n) is 3.63. The SMILES string of the molecule is CS(=O)(=O)c1cccc2nc(CCNc3nc(N)nc(N)c3C#N)n(-c3ccccc3F)c(=O)c12. The quantitative estimate of drug-likeness (QED) is 0.354. The lowest BCUT2D eigenvalue weighted by Crippen LogP contribution is -2.27. The molecule has 2 aromatic heterocycles. The molecule has 4 aromatic rings. The molecule has 0 unspecified atom stereocenters. The monoisotopic (exact) mass is 494 g/mol. The minimum Gasteiger partial charge on any atom is -0.382 e. The van der Waals surface area contributed by atoms with Gasteiger partial charge in [-0.15, -0.1) is 0 Å². The number of sulfone groups is 1. The number of anilines is 3. The van der Waals surface area contributed by atoms with Crippen molar-refractivity contribution in [3.63, 3.8) is 0 Å². The highest BCUT2D eigenvalue weighted by Crippen LogP contribution is 2.22. The molecule has 0 amide bonds. The third-order valence-electron chi connectivity index (χ3n) is 5.13. The molecule has 11 nitrogen and oxygen atoms in total. The van der Waals surface area contributed by atoms with Crippen LogP contribution in [0.5, 0.6) is 0 Å². The van der Waals surface area contributed by atoms with Gasteiger partial charge in [-0.25, -0.2) is 17.8 Å². The number of para-hydroxylation sites is 1. The Morgan fingerprint density at radius 3 is 2.54 bits per heavy atom. The molecule has 0 radical (unpaired) electrons. The van der Waals surface area contributed by atoms with Gasteiger partial charge in [-0.3, -0.25) is 9.36 Å². The van der Waals surface area contributed by atoms with Gasteiger partial charge in [-0.05, 0) is 24.3 Å². The van der Waals surface area contributed by atoms with Crippen molar-refractivity contribution in [3.05, 3.63) is 70.0 Å². The second kappa shape index (κ2) is 8.99. The van der Waals surface area contributed by atoms with Gasteiger partial charge in [0.25, 0.3) is 5.56 Å². The second-order valence-electron chi connectivity index (χ2n) is 7.52. The summed E-state index contributed by atoms with van der Waals surface area (Å²) in [5.41, 5.74) is 10.7. The molecule has 0 aliphatic rings. The highest BCUT2D eigenvalue weighted by atomic mass is 32.2. The van der Waals surface area contributed by atoms with Crippen LogP contribution < -0.4 is 22.3 Å². The normalized spacial score (nSPS) is 11.3. The summed E-state index contributed by atoms with van der Waals surface area (Å²) in [6, 6.07) is 11.8. The van der Waals surface area contributed by atoms with Crippen LogP contribution >= 0.6 is 0 Å². The van der Waals surface area contributed by atoms with E-state index in [4.69, 9.17) is 11.5 Å². The first-order valence-corrected chi connectivity index (χ1v) is 12.1. The van der Waals surface area contributed by atoms with Gasteiger partial charge in [0.15, 0.2) is 15.7 Å². The lowest BCUT2D eigenvalue weighted by molar-refractivity contribution is 0.602. The third-order valence-corrected chi connectivity index (χ3v) is 6.27. The predicted molar refractivity (Wildman–Crippen MR) is 128 cm³/mol. The molecule has 4 rings (SSSR count). The zero-order valence-electron chi connectivity index (χ0n) is 18.4. The first-order chi connectivity index (χ1) is 16.6. The first kappa shape index (κ1) is 23.6. The summed E-state index contributed by atoms with van der Waals surface area (Å²) in [4.78, 5) is 25.6. The Bertz CT molecular complexity index is 1680. The van der Waals surface area contributed by atoms with Crippen molar-refractivity contribution in [2.75, 3.05) is 29.6 Å². The van der Waals surface area contributed by atoms with Crippen molar-refractivity contribution in [2.45, 2.75) is 11.3 Å². The van der Waals surface area contributed by atoms with Gasteiger partial charge in [0, 0.05) is 19.2 Å². The van der Waals surface area contributed by atoms with Crippen LogP contribution in [-0.2, 0) is 16.3 Å². The van der Waals surface area contributed by atoms with E-state index in [2.05, 4.69) is 20.3 Å². The Morgan fingerprint density at radius 1 is 1.11 bits per heavy atom. The first-order valence-electron chi connectivity index (χ1n) is 10.2. The van der Waals surface area contributed by atoms with Gasteiger partial charge in [-0.1, -0.05) is 18.2 Å². The zero-order valence-corrected chi connectivity index (χ0v) is 19.2. The molecule has 2 heterocycles. The molecule has 0 bridgehead atoms. The maximum atomic E-state index is 14.7. The zero-order chi connectivity index (χ0) is 25.3. The molecule has 35 heavy (non-hydrogen) atoms. The molecule has 0 fully saturated rings. The number of hydrogen-bond donors (Lipinski definition) is 3. The summed E-state index contributed by atoms with van der Waals surface area (Å²) in [5, 5.41) is 12.1. The third kappa shape index (κ3) is 4.46. The number of benzene rings is 2. The molecular weight excluding hydrogens is 475 g/mol. The summed E-state index contributed by atoms with van der Waals surface area (Å²) in [6.07, 6.45) is 1.05. The van der Waals surface area contributed by atoms with Crippen molar-refractivity contribution in [1.82, 2.24) is 19.5 Å². The minimum atomic E-state index is -3.77. The van der Waals surface area contributed by atoms with E-state index in [0.29, 0.717) is 0 Å². The number of hydrogen-bond acceptors (Lipinski definition) is 10. The van der Waals surface area contributed by atoms with Crippen LogP contribution in [-0.4, -0.2) is 40.7 Å². The molecule has 0 saturated carbocycles. The molecule has 0 atom stereocenters. The molecule has 13 heteroatoms. The molecule has 0 aliphatic heterocycles. The number of aromatic nitrogens is 4. The fraction of sp³-hybridized carbons (Fsp3) is 0.136. The molecular formula is C22H19FN8O3S. The summed E-state index contributed by atoms with van der Waals surface area (Å²) in [6.45, 7) is 0.0999. The lowest BCUT2D eigenvalue weighted by Gasteiger charge is -2.16. The Morgan fingerprint density at radius 2 is 1.86 bits per heavy atom. The number of nitriles is 1. The van der Waals surface area contributed by atoms with Crippen LogP contribution in [0.15, 0.2) is 52.2 Å². The fourth-order valence-corrected chi connectivity index (χ4v) is 4.52. The topological polar surface area (TPSA) is 183 Å². The van der Waals surface area contributed by atoms with Crippen LogP contribution in [0.4, 0.5) is 22.0 Å². The van der Waals surface area contributed by atoms with Crippen molar-refractivity contribution >= 4 is 38.3 Å².